The van der Waals surface area contributed by atoms with Gasteiger partial charge in [-0.3, -0.25) is 0 Å². The van der Waals surface area contributed by atoms with Gasteiger partial charge in [0.1, 0.15) is 0 Å². The van der Waals surface area contributed by atoms with E-state index in [1.165, 1.54) is 19.2 Å². The molecule has 84 valence electrons. The van der Waals surface area contributed by atoms with Crippen LogP contribution in [0.2, 0.25) is 0 Å². The molecule has 1 aromatic rings. The van der Waals surface area contributed by atoms with Crippen molar-refractivity contribution in [1.29, 1.82) is 0 Å². The molecule has 0 fully saturated rings. The average Bonchev–Trinajstić information content (AvgIpc) is 2.22. The molecule has 0 amide bonds. The summed E-state index contributed by atoms with van der Waals surface area (Å²) < 4.78 is 18.5. The Hall–Kier alpha value is -0.650. The van der Waals surface area contributed by atoms with Gasteiger partial charge in [-0.25, -0.2) is 4.39 Å². The maximum absolute atomic E-state index is 13.4. The SMILES string of the molecule is COc1cc(C(O)CCN)cc(Br)c1F. The predicted octanol–water partition coefficient (Wildman–Crippen LogP) is 1.98. The van der Waals surface area contributed by atoms with Gasteiger partial charge in [-0.05, 0) is 46.6 Å². The van der Waals surface area contributed by atoms with Crippen LogP contribution < -0.4 is 10.5 Å². The van der Waals surface area contributed by atoms with E-state index in [-0.39, 0.29) is 10.2 Å². The maximum Gasteiger partial charge on any atom is 0.179 e. The Balaban J connectivity index is 3.05. The highest BCUT2D eigenvalue weighted by Crippen LogP contribution is 2.30. The number of ether oxygens (including phenoxy) is 1. The molecule has 0 aliphatic rings. The minimum Gasteiger partial charge on any atom is -0.494 e. The van der Waals surface area contributed by atoms with Crippen LogP contribution in [0.3, 0.4) is 0 Å². The van der Waals surface area contributed by atoms with Gasteiger partial charge < -0.3 is 15.6 Å². The first-order valence-corrected chi connectivity index (χ1v) is 5.30. The van der Waals surface area contributed by atoms with Gasteiger partial charge in [0.05, 0.1) is 17.7 Å². The van der Waals surface area contributed by atoms with Gasteiger partial charge in [-0.15, -0.1) is 0 Å². The Kier molecular flexibility index (Phi) is 4.50. The Labute approximate surface area is 96.2 Å². The smallest absolute Gasteiger partial charge is 0.179 e. The minimum atomic E-state index is -0.694. The monoisotopic (exact) mass is 277 g/mol. The van der Waals surface area contributed by atoms with Crippen LogP contribution in [-0.2, 0) is 0 Å². The third-order valence-corrected chi connectivity index (χ3v) is 2.64. The standard InChI is InChI=1S/C10H13BrFNO2/c1-15-9-5-6(8(14)2-3-13)4-7(11)10(9)12/h4-5,8,14H,2-3,13H2,1H3. The molecule has 5 heteroatoms. The molecular formula is C10H13BrFNO2. The van der Waals surface area contributed by atoms with Crippen molar-refractivity contribution in [2.24, 2.45) is 5.73 Å². The summed E-state index contributed by atoms with van der Waals surface area (Å²) in [5.74, 6) is -0.364. The van der Waals surface area contributed by atoms with Gasteiger partial charge in [0.15, 0.2) is 11.6 Å². The molecule has 15 heavy (non-hydrogen) atoms. The molecule has 0 radical (unpaired) electrons. The van der Waals surface area contributed by atoms with Crippen LogP contribution in [0.25, 0.3) is 0 Å². The van der Waals surface area contributed by atoms with Gasteiger partial charge in [0.2, 0.25) is 0 Å². The number of methoxy groups -OCH3 is 1. The van der Waals surface area contributed by atoms with Crippen molar-refractivity contribution in [3.8, 4) is 5.75 Å². The van der Waals surface area contributed by atoms with E-state index >= 15 is 0 Å². The lowest BCUT2D eigenvalue weighted by Gasteiger charge is -2.12. The van der Waals surface area contributed by atoms with Crippen LogP contribution in [0.5, 0.6) is 5.75 Å². The van der Waals surface area contributed by atoms with E-state index in [0.29, 0.717) is 18.5 Å². The molecule has 1 rings (SSSR count). The molecule has 0 bridgehead atoms. The average molecular weight is 278 g/mol. The van der Waals surface area contributed by atoms with E-state index in [4.69, 9.17) is 10.5 Å². The molecule has 0 saturated heterocycles. The van der Waals surface area contributed by atoms with E-state index in [1.54, 1.807) is 0 Å². The van der Waals surface area contributed by atoms with Gasteiger partial charge in [-0.1, -0.05) is 0 Å². The molecule has 0 aliphatic carbocycles. The third-order valence-electron chi connectivity index (χ3n) is 2.06. The Morgan fingerprint density at radius 1 is 1.60 bits per heavy atom. The molecule has 0 saturated carbocycles. The minimum absolute atomic E-state index is 0.107. The summed E-state index contributed by atoms with van der Waals surface area (Å²) in [6.07, 6.45) is -0.262. The van der Waals surface area contributed by atoms with E-state index in [1.807, 2.05) is 0 Å². The molecule has 0 spiro atoms. The number of nitrogens with two attached hydrogens (primary N) is 1. The van der Waals surface area contributed by atoms with E-state index in [9.17, 15) is 9.50 Å². The first kappa shape index (κ1) is 12.4. The van der Waals surface area contributed by atoms with Crippen molar-refractivity contribution < 1.29 is 14.2 Å². The first-order valence-electron chi connectivity index (χ1n) is 4.51. The van der Waals surface area contributed by atoms with E-state index in [0.717, 1.165) is 0 Å². The largest absolute Gasteiger partial charge is 0.494 e. The molecule has 1 unspecified atom stereocenters. The normalized spacial score (nSPS) is 12.6. The summed E-state index contributed by atoms with van der Waals surface area (Å²) >= 11 is 3.06. The molecular weight excluding hydrogens is 265 g/mol. The second-order valence-corrected chi connectivity index (χ2v) is 3.97. The molecule has 3 nitrogen and oxygen atoms in total. The molecule has 0 aliphatic heterocycles. The lowest BCUT2D eigenvalue weighted by Crippen LogP contribution is -2.07. The number of rotatable bonds is 4. The second-order valence-electron chi connectivity index (χ2n) is 3.11. The third kappa shape index (κ3) is 2.90. The fraction of sp³-hybridized carbons (Fsp3) is 0.400. The van der Waals surface area contributed by atoms with Gasteiger partial charge in [-0.2, -0.15) is 0 Å². The van der Waals surface area contributed by atoms with Crippen molar-refractivity contribution in [1.82, 2.24) is 0 Å². The fourth-order valence-electron chi connectivity index (χ4n) is 1.25. The van der Waals surface area contributed by atoms with Crippen LogP contribution in [0.4, 0.5) is 4.39 Å². The van der Waals surface area contributed by atoms with E-state index in [2.05, 4.69) is 15.9 Å². The summed E-state index contributed by atoms with van der Waals surface area (Å²) in [6.45, 7) is 0.373. The highest BCUT2D eigenvalue weighted by molar-refractivity contribution is 9.10. The van der Waals surface area contributed by atoms with Crippen molar-refractivity contribution in [2.45, 2.75) is 12.5 Å². The summed E-state index contributed by atoms with van der Waals surface area (Å²) in [5.41, 5.74) is 5.92. The van der Waals surface area contributed by atoms with Gasteiger partial charge in [0, 0.05) is 0 Å². The van der Waals surface area contributed by atoms with Crippen LogP contribution in [0, 0.1) is 5.82 Å². The fourth-order valence-corrected chi connectivity index (χ4v) is 1.71. The molecule has 1 aromatic carbocycles. The van der Waals surface area contributed by atoms with Crippen LogP contribution in [0.15, 0.2) is 16.6 Å². The lowest BCUT2D eigenvalue weighted by molar-refractivity contribution is 0.169. The highest BCUT2D eigenvalue weighted by Gasteiger charge is 2.14. The number of hydrogen-bond acceptors (Lipinski definition) is 3. The topological polar surface area (TPSA) is 55.5 Å². The Morgan fingerprint density at radius 2 is 2.27 bits per heavy atom. The molecule has 0 aromatic heterocycles. The summed E-state index contributed by atoms with van der Waals surface area (Å²) in [5, 5.41) is 9.68. The summed E-state index contributed by atoms with van der Waals surface area (Å²) in [4.78, 5) is 0. The van der Waals surface area contributed by atoms with Crippen LogP contribution in [0.1, 0.15) is 18.1 Å². The Morgan fingerprint density at radius 3 is 2.80 bits per heavy atom. The second kappa shape index (κ2) is 5.44. The highest BCUT2D eigenvalue weighted by atomic mass is 79.9. The number of hydrogen-bond donors (Lipinski definition) is 2. The summed E-state index contributed by atoms with van der Waals surface area (Å²) in [7, 11) is 1.38. The van der Waals surface area contributed by atoms with Crippen LogP contribution >= 0.6 is 15.9 Å². The van der Waals surface area contributed by atoms with Gasteiger partial charge in [0.25, 0.3) is 0 Å². The maximum atomic E-state index is 13.4. The Bertz CT molecular complexity index is 346. The molecule has 3 N–H and O–H groups in total. The zero-order valence-corrected chi connectivity index (χ0v) is 9.92. The van der Waals surface area contributed by atoms with Crippen molar-refractivity contribution in [3.63, 3.8) is 0 Å². The number of halogens is 2. The van der Waals surface area contributed by atoms with Crippen LogP contribution in [-0.4, -0.2) is 18.8 Å². The number of benzene rings is 1. The van der Waals surface area contributed by atoms with E-state index < -0.39 is 11.9 Å². The lowest BCUT2D eigenvalue weighted by atomic mass is 10.1. The van der Waals surface area contributed by atoms with Gasteiger partial charge >= 0.3 is 0 Å². The number of aliphatic hydroxyl groups excluding tert-OH is 1. The predicted molar refractivity (Wildman–Crippen MR) is 59.3 cm³/mol. The quantitative estimate of drug-likeness (QED) is 0.885. The first-order chi connectivity index (χ1) is 7.10. The van der Waals surface area contributed by atoms with Crippen molar-refractivity contribution in [2.75, 3.05) is 13.7 Å². The zero-order chi connectivity index (χ0) is 11.4. The number of aliphatic hydroxyl groups is 1. The molecule has 1 atom stereocenters. The van der Waals surface area contributed by atoms with Crippen molar-refractivity contribution in [3.05, 3.63) is 28.0 Å². The van der Waals surface area contributed by atoms with Crippen molar-refractivity contribution >= 4 is 15.9 Å². The zero-order valence-electron chi connectivity index (χ0n) is 8.34. The molecule has 0 heterocycles. The summed E-state index contributed by atoms with van der Waals surface area (Å²) in [6, 6.07) is 3.00.